The molecule has 7 nitrogen and oxygen atoms in total. The van der Waals surface area contributed by atoms with Crippen molar-refractivity contribution in [2.45, 2.75) is 24.0 Å². The molecule has 3 rings (SSSR count). The number of ether oxygens (including phenoxy) is 1. The predicted molar refractivity (Wildman–Crippen MR) is 90.7 cm³/mol. The number of nitrogens with zero attached hydrogens (tertiary/aromatic N) is 1. The molecule has 1 aliphatic heterocycles. The Kier molecular flexibility index (Phi) is 4.68. The summed E-state index contributed by atoms with van der Waals surface area (Å²) in [4.78, 5) is 11.7. The molecule has 0 spiro atoms. The van der Waals surface area contributed by atoms with E-state index in [1.165, 1.54) is 24.4 Å². The fraction of sp³-hybridized carbons (Fsp3) is 0.353. The molecular formula is C17H20N2O5S. The standard InChI is InChI=1S/C17H20N2O5S/c1-11-13(17(20)23-2)8-16(24-11)25(21,22)19-9-14(15(18)10-19)12-6-4-3-5-7-12/h3-8,14-15H,9-10,18H2,1-2H3/t14-,15+/m0/s1. The summed E-state index contributed by atoms with van der Waals surface area (Å²) < 4.78 is 37.0. The summed E-state index contributed by atoms with van der Waals surface area (Å²) in [5, 5.41) is -0.272. The van der Waals surface area contributed by atoms with Crippen LogP contribution in [0.4, 0.5) is 0 Å². The van der Waals surface area contributed by atoms with Crippen molar-refractivity contribution in [3.8, 4) is 0 Å². The normalized spacial score (nSPS) is 21.4. The number of esters is 1. The van der Waals surface area contributed by atoms with E-state index in [2.05, 4.69) is 4.74 Å². The molecule has 1 aromatic carbocycles. The Balaban J connectivity index is 1.88. The lowest BCUT2D eigenvalue weighted by atomic mass is 9.95. The van der Waals surface area contributed by atoms with Crippen molar-refractivity contribution < 1.29 is 22.4 Å². The molecule has 1 aliphatic rings. The molecule has 1 fully saturated rings. The van der Waals surface area contributed by atoms with Gasteiger partial charge in [-0.2, -0.15) is 4.31 Å². The van der Waals surface area contributed by atoms with E-state index in [9.17, 15) is 13.2 Å². The van der Waals surface area contributed by atoms with Crippen LogP contribution in [0.3, 0.4) is 0 Å². The van der Waals surface area contributed by atoms with E-state index in [0.29, 0.717) is 0 Å². The van der Waals surface area contributed by atoms with Gasteiger partial charge >= 0.3 is 5.97 Å². The second-order valence-corrected chi connectivity index (χ2v) is 7.90. The first-order valence-corrected chi connectivity index (χ1v) is 9.28. The third-order valence-corrected chi connectivity index (χ3v) is 6.14. The van der Waals surface area contributed by atoms with Gasteiger partial charge in [0.1, 0.15) is 11.3 Å². The topological polar surface area (TPSA) is 103 Å². The van der Waals surface area contributed by atoms with Crippen LogP contribution in [-0.4, -0.2) is 44.9 Å². The van der Waals surface area contributed by atoms with Gasteiger partial charge in [-0.3, -0.25) is 0 Å². The Morgan fingerprint density at radius 3 is 2.60 bits per heavy atom. The summed E-state index contributed by atoms with van der Waals surface area (Å²) in [6, 6.07) is 10.5. The smallest absolute Gasteiger partial charge is 0.341 e. The lowest BCUT2D eigenvalue weighted by molar-refractivity contribution is 0.0598. The maximum absolute atomic E-state index is 12.9. The van der Waals surface area contributed by atoms with Crippen LogP contribution < -0.4 is 5.73 Å². The van der Waals surface area contributed by atoms with Crippen LogP contribution in [0, 0.1) is 6.92 Å². The van der Waals surface area contributed by atoms with Crippen molar-refractivity contribution in [2.75, 3.05) is 20.2 Å². The third-order valence-electron chi connectivity index (χ3n) is 4.45. The van der Waals surface area contributed by atoms with Crippen LogP contribution in [-0.2, 0) is 14.8 Å². The van der Waals surface area contributed by atoms with Gasteiger partial charge in [0.15, 0.2) is 0 Å². The first kappa shape index (κ1) is 17.7. The van der Waals surface area contributed by atoms with Gasteiger partial charge in [-0.25, -0.2) is 13.2 Å². The van der Waals surface area contributed by atoms with Crippen molar-refractivity contribution in [3.05, 3.63) is 53.3 Å². The molecule has 0 bridgehead atoms. The summed E-state index contributed by atoms with van der Waals surface area (Å²) in [6.45, 7) is 1.98. The number of rotatable bonds is 4. The van der Waals surface area contributed by atoms with E-state index in [1.807, 2.05) is 30.3 Å². The SMILES string of the molecule is COC(=O)c1cc(S(=O)(=O)N2C[C@@H](N)[C@H](c3ccccc3)C2)oc1C. The van der Waals surface area contributed by atoms with E-state index in [1.54, 1.807) is 0 Å². The number of carbonyl (C=O) groups is 1. The van der Waals surface area contributed by atoms with E-state index < -0.39 is 16.0 Å². The van der Waals surface area contributed by atoms with Gasteiger partial charge in [0.25, 0.3) is 10.0 Å². The van der Waals surface area contributed by atoms with Gasteiger partial charge in [-0.15, -0.1) is 0 Å². The van der Waals surface area contributed by atoms with E-state index >= 15 is 0 Å². The van der Waals surface area contributed by atoms with Gasteiger partial charge in [-0.1, -0.05) is 30.3 Å². The van der Waals surface area contributed by atoms with Crippen molar-refractivity contribution in [3.63, 3.8) is 0 Å². The molecule has 0 amide bonds. The summed E-state index contributed by atoms with van der Waals surface area (Å²) in [5.74, 6) is -0.524. The summed E-state index contributed by atoms with van der Waals surface area (Å²) in [7, 11) is -2.65. The number of methoxy groups -OCH3 is 1. The molecule has 134 valence electrons. The summed E-state index contributed by atoms with van der Waals surface area (Å²) in [6.07, 6.45) is 0. The summed E-state index contributed by atoms with van der Waals surface area (Å²) >= 11 is 0. The number of furan rings is 1. The monoisotopic (exact) mass is 364 g/mol. The third kappa shape index (κ3) is 3.20. The zero-order chi connectivity index (χ0) is 18.2. The first-order valence-electron chi connectivity index (χ1n) is 7.84. The predicted octanol–water partition coefficient (Wildman–Crippen LogP) is 1.49. The highest BCUT2D eigenvalue weighted by Crippen LogP contribution is 2.31. The molecule has 2 aromatic rings. The minimum Gasteiger partial charge on any atom is -0.465 e. The molecule has 2 heterocycles. The lowest BCUT2D eigenvalue weighted by Gasteiger charge is -2.15. The molecule has 0 aliphatic carbocycles. The maximum atomic E-state index is 12.9. The Bertz CT molecular complexity index is 876. The van der Waals surface area contributed by atoms with Crippen molar-refractivity contribution >= 4 is 16.0 Å². The van der Waals surface area contributed by atoms with E-state index in [-0.39, 0.29) is 41.5 Å². The van der Waals surface area contributed by atoms with E-state index in [4.69, 9.17) is 10.2 Å². The van der Waals surface area contributed by atoms with Crippen molar-refractivity contribution in [1.29, 1.82) is 0 Å². The number of aryl methyl sites for hydroxylation is 1. The minimum absolute atomic E-state index is 0.0906. The number of hydrogen-bond donors (Lipinski definition) is 1. The summed E-state index contributed by atoms with van der Waals surface area (Å²) in [5.41, 5.74) is 7.27. The Hall–Kier alpha value is -2.16. The van der Waals surface area contributed by atoms with Crippen LogP contribution in [0.15, 0.2) is 45.9 Å². The number of sulfonamides is 1. The zero-order valence-electron chi connectivity index (χ0n) is 14.0. The average molecular weight is 364 g/mol. The molecule has 0 radical (unpaired) electrons. The van der Waals surface area contributed by atoms with E-state index in [0.717, 1.165) is 5.56 Å². The second-order valence-electron chi connectivity index (χ2n) is 6.03. The van der Waals surface area contributed by atoms with Crippen LogP contribution in [0.25, 0.3) is 0 Å². The van der Waals surface area contributed by atoms with Crippen molar-refractivity contribution in [1.82, 2.24) is 4.31 Å². The van der Waals surface area contributed by atoms with Gasteiger partial charge < -0.3 is 14.9 Å². The molecule has 1 saturated heterocycles. The Morgan fingerprint density at radius 2 is 1.96 bits per heavy atom. The minimum atomic E-state index is -3.88. The average Bonchev–Trinajstić information content (AvgIpc) is 3.19. The number of nitrogens with two attached hydrogens (primary N) is 1. The number of carbonyl (C=O) groups excluding carboxylic acids is 1. The highest BCUT2D eigenvalue weighted by atomic mass is 32.2. The van der Waals surface area contributed by atoms with Gasteiger partial charge in [-0.05, 0) is 12.5 Å². The Morgan fingerprint density at radius 1 is 1.28 bits per heavy atom. The molecule has 8 heteroatoms. The van der Waals surface area contributed by atoms with Gasteiger partial charge in [0.05, 0.1) is 7.11 Å². The first-order chi connectivity index (χ1) is 11.8. The van der Waals surface area contributed by atoms with Crippen LogP contribution in [0.2, 0.25) is 0 Å². The van der Waals surface area contributed by atoms with Crippen LogP contribution in [0.1, 0.15) is 27.6 Å². The molecule has 0 unspecified atom stereocenters. The highest BCUT2D eigenvalue weighted by molar-refractivity contribution is 7.89. The highest BCUT2D eigenvalue weighted by Gasteiger charge is 2.40. The fourth-order valence-electron chi connectivity index (χ4n) is 3.06. The van der Waals surface area contributed by atoms with Crippen LogP contribution in [0.5, 0.6) is 0 Å². The van der Waals surface area contributed by atoms with Gasteiger partial charge in [0, 0.05) is 31.1 Å². The largest absolute Gasteiger partial charge is 0.465 e. The quantitative estimate of drug-likeness (QED) is 0.825. The molecule has 1 aromatic heterocycles. The van der Waals surface area contributed by atoms with Crippen LogP contribution >= 0.6 is 0 Å². The van der Waals surface area contributed by atoms with Gasteiger partial charge in [0.2, 0.25) is 5.09 Å². The lowest BCUT2D eigenvalue weighted by Crippen LogP contribution is -2.32. The second kappa shape index (κ2) is 6.62. The maximum Gasteiger partial charge on any atom is 0.341 e. The fourth-order valence-corrected chi connectivity index (χ4v) is 4.54. The molecule has 2 N–H and O–H groups in total. The molecule has 25 heavy (non-hydrogen) atoms. The number of hydrogen-bond acceptors (Lipinski definition) is 6. The molecular weight excluding hydrogens is 344 g/mol. The number of benzene rings is 1. The van der Waals surface area contributed by atoms with Crippen molar-refractivity contribution in [2.24, 2.45) is 5.73 Å². The zero-order valence-corrected chi connectivity index (χ0v) is 14.8. The molecule has 0 saturated carbocycles. The Labute approximate surface area is 146 Å². The molecule has 2 atom stereocenters.